The van der Waals surface area contributed by atoms with E-state index in [1.165, 1.54) is 0 Å². The molecule has 20 heavy (non-hydrogen) atoms. The first kappa shape index (κ1) is 15.3. The number of halogens is 1. The van der Waals surface area contributed by atoms with E-state index in [9.17, 15) is 15.0 Å². The van der Waals surface area contributed by atoms with E-state index in [0.29, 0.717) is 18.1 Å². The Bertz CT molecular complexity index is 503. The number of carboxylic acid groups (broad SMARTS) is 1. The third-order valence-corrected chi connectivity index (χ3v) is 4.71. The normalized spacial score (nSPS) is 27.3. The van der Waals surface area contributed by atoms with Crippen molar-refractivity contribution in [3.8, 4) is 5.75 Å². The van der Waals surface area contributed by atoms with Crippen LogP contribution >= 0.6 is 15.9 Å². The third kappa shape index (κ3) is 2.99. The van der Waals surface area contributed by atoms with Crippen molar-refractivity contribution in [2.24, 2.45) is 17.8 Å². The summed E-state index contributed by atoms with van der Waals surface area (Å²) in [4.78, 5) is 11.3. The molecule has 4 atom stereocenters. The van der Waals surface area contributed by atoms with Gasteiger partial charge in [-0.1, -0.05) is 13.0 Å². The molecule has 4 unspecified atom stereocenters. The number of ether oxygens (including phenoxy) is 1. The van der Waals surface area contributed by atoms with Gasteiger partial charge in [0, 0.05) is 5.92 Å². The fourth-order valence-electron chi connectivity index (χ4n) is 3.08. The number of benzene rings is 1. The Morgan fingerprint density at radius 2 is 2.15 bits per heavy atom. The predicted octanol–water partition coefficient (Wildman–Crippen LogP) is 3.24. The van der Waals surface area contributed by atoms with Crippen LogP contribution in [0.15, 0.2) is 22.7 Å². The molecular formula is C15H19BrO4. The largest absolute Gasteiger partial charge is 0.496 e. The minimum Gasteiger partial charge on any atom is -0.496 e. The summed E-state index contributed by atoms with van der Waals surface area (Å²) < 4.78 is 5.92. The molecule has 1 aromatic rings. The van der Waals surface area contributed by atoms with Crippen LogP contribution in [0, 0.1) is 17.8 Å². The first-order valence-corrected chi connectivity index (χ1v) is 7.47. The fraction of sp³-hybridized carbons (Fsp3) is 0.533. The first-order valence-electron chi connectivity index (χ1n) is 6.68. The van der Waals surface area contributed by atoms with Crippen LogP contribution in [0.2, 0.25) is 0 Å². The van der Waals surface area contributed by atoms with Crippen molar-refractivity contribution in [3.63, 3.8) is 0 Å². The van der Waals surface area contributed by atoms with Gasteiger partial charge < -0.3 is 14.9 Å². The van der Waals surface area contributed by atoms with E-state index in [0.717, 1.165) is 16.5 Å². The van der Waals surface area contributed by atoms with Gasteiger partial charge in [0.05, 0.1) is 23.6 Å². The van der Waals surface area contributed by atoms with Gasteiger partial charge in [0.15, 0.2) is 0 Å². The Labute approximate surface area is 126 Å². The summed E-state index contributed by atoms with van der Waals surface area (Å²) >= 11 is 3.39. The van der Waals surface area contributed by atoms with E-state index in [1.807, 2.05) is 6.92 Å². The topological polar surface area (TPSA) is 66.8 Å². The fourth-order valence-corrected chi connectivity index (χ4v) is 3.64. The number of aliphatic carboxylic acids is 1. The van der Waals surface area contributed by atoms with Gasteiger partial charge >= 0.3 is 5.97 Å². The summed E-state index contributed by atoms with van der Waals surface area (Å²) in [6, 6.07) is 5.36. The Hall–Kier alpha value is -1.07. The molecule has 0 aliphatic heterocycles. The molecule has 1 aliphatic rings. The SMILES string of the molecule is COc1ccc(C(O)C2CC(C)CC2C(=O)O)cc1Br. The maximum absolute atomic E-state index is 11.3. The van der Waals surface area contributed by atoms with Crippen LogP contribution in [0.5, 0.6) is 5.75 Å². The Morgan fingerprint density at radius 3 is 2.70 bits per heavy atom. The van der Waals surface area contributed by atoms with Crippen LogP contribution in [-0.4, -0.2) is 23.3 Å². The van der Waals surface area contributed by atoms with Gasteiger partial charge in [-0.3, -0.25) is 4.79 Å². The molecule has 4 nitrogen and oxygen atoms in total. The van der Waals surface area contributed by atoms with Crippen molar-refractivity contribution >= 4 is 21.9 Å². The third-order valence-electron chi connectivity index (χ3n) is 4.09. The first-order chi connectivity index (χ1) is 9.43. The van der Waals surface area contributed by atoms with Crippen molar-refractivity contribution in [3.05, 3.63) is 28.2 Å². The summed E-state index contributed by atoms with van der Waals surface area (Å²) in [7, 11) is 1.58. The van der Waals surface area contributed by atoms with Crippen molar-refractivity contribution in [2.45, 2.75) is 25.9 Å². The van der Waals surface area contributed by atoms with Crippen molar-refractivity contribution in [1.82, 2.24) is 0 Å². The molecule has 1 aromatic carbocycles. The average Bonchev–Trinajstić information content (AvgIpc) is 2.80. The molecule has 0 bridgehead atoms. The van der Waals surface area contributed by atoms with E-state index in [2.05, 4.69) is 15.9 Å². The molecule has 1 fully saturated rings. The van der Waals surface area contributed by atoms with E-state index in [-0.39, 0.29) is 5.92 Å². The highest BCUT2D eigenvalue weighted by atomic mass is 79.9. The average molecular weight is 343 g/mol. The molecule has 2 N–H and O–H groups in total. The molecule has 1 saturated carbocycles. The van der Waals surface area contributed by atoms with Gasteiger partial charge in [-0.2, -0.15) is 0 Å². The summed E-state index contributed by atoms with van der Waals surface area (Å²) in [5.41, 5.74) is 0.725. The maximum atomic E-state index is 11.3. The van der Waals surface area contributed by atoms with Crippen LogP contribution in [0.25, 0.3) is 0 Å². The van der Waals surface area contributed by atoms with Crippen molar-refractivity contribution in [2.75, 3.05) is 7.11 Å². The van der Waals surface area contributed by atoms with Gasteiger partial charge in [0.25, 0.3) is 0 Å². The number of hydrogen-bond acceptors (Lipinski definition) is 3. The molecule has 0 heterocycles. The number of aliphatic hydroxyl groups excluding tert-OH is 1. The minimum absolute atomic E-state index is 0.234. The number of carbonyl (C=O) groups is 1. The van der Waals surface area contributed by atoms with E-state index < -0.39 is 18.0 Å². The Balaban J connectivity index is 2.24. The number of methoxy groups -OCH3 is 1. The summed E-state index contributed by atoms with van der Waals surface area (Å²) in [6.45, 7) is 2.03. The molecule has 0 radical (unpaired) electrons. The highest BCUT2D eigenvalue weighted by Gasteiger charge is 2.41. The maximum Gasteiger partial charge on any atom is 0.306 e. The number of hydrogen-bond donors (Lipinski definition) is 2. The van der Waals surface area contributed by atoms with Crippen LogP contribution in [-0.2, 0) is 4.79 Å². The van der Waals surface area contributed by atoms with Gasteiger partial charge in [-0.25, -0.2) is 0 Å². The zero-order valence-corrected chi connectivity index (χ0v) is 13.1. The lowest BCUT2D eigenvalue weighted by Crippen LogP contribution is -2.23. The van der Waals surface area contributed by atoms with Crippen LogP contribution in [0.1, 0.15) is 31.4 Å². The molecule has 0 aromatic heterocycles. The molecule has 0 amide bonds. The van der Waals surface area contributed by atoms with E-state index >= 15 is 0 Å². The lowest BCUT2D eigenvalue weighted by Gasteiger charge is -2.23. The van der Waals surface area contributed by atoms with Crippen molar-refractivity contribution in [1.29, 1.82) is 0 Å². The molecule has 0 saturated heterocycles. The van der Waals surface area contributed by atoms with E-state index in [1.54, 1.807) is 25.3 Å². The zero-order valence-electron chi connectivity index (χ0n) is 11.5. The van der Waals surface area contributed by atoms with Crippen LogP contribution < -0.4 is 4.74 Å². The molecule has 110 valence electrons. The number of carboxylic acids is 1. The number of aliphatic hydroxyl groups is 1. The monoisotopic (exact) mass is 342 g/mol. The summed E-state index contributed by atoms with van der Waals surface area (Å²) in [5, 5.41) is 19.8. The number of rotatable bonds is 4. The quantitative estimate of drug-likeness (QED) is 0.881. The second-order valence-corrected chi connectivity index (χ2v) is 6.38. The predicted molar refractivity (Wildman–Crippen MR) is 78.7 cm³/mol. The van der Waals surface area contributed by atoms with Gasteiger partial charge in [0.1, 0.15) is 5.75 Å². The molecular weight excluding hydrogens is 324 g/mol. The van der Waals surface area contributed by atoms with E-state index in [4.69, 9.17) is 4.74 Å². The van der Waals surface area contributed by atoms with Gasteiger partial charge in [-0.05, 0) is 52.4 Å². The van der Waals surface area contributed by atoms with Crippen LogP contribution in [0.4, 0.5) is 0 Å². The molecule has 2 rings (SSSR count). The zero-order chi connectivity index (χ0) is 14.9. The summed E-state index contributed by atoms with van der Waals surface area (Å²) in [6.07, 6.45) is 0.610. The second kappa shape index (κ2) is 6.14. The highest BCUT2D eigenvalue weighted by molar-refractivity contribution is 9.10. The van der Waals surface area contributed by atoms with Crippen molar-refractivity contribution < 1.29 is 19.7 Å². The molecule has 5 heteroatoms. The smallest absolute Gasteiger partial charge is 0.306 e. The lowest BCUT2D eigenvalue weighted by molar-refractivity contribution is -0.144. The summed E-state index contributed by atoms with van der Waals surface area (Å²) in [5.74, 6) is -0.498. The highest BCUT2D eigenvalue weighted by Crippen LogP contribution is 2.44. The van der Waals surface area contributed by atoms with Gasteiger partial charge in [0.2, 0.25) is 0 Å². The second-order valence-electron chi connectivity index (χ2n) is 5.52. The Kier molecular flexibility index (Phi) is 4.70. The Morgan fingerprint density at radius 1 is 1.45 bits per heavy atom. The molecule has 0 spiro atoms. The standard InChI is InChI=1S/C15H19BrO4/c1-8-5-10(11(6-8)15(18)19)14(17)9-3-4-13(20-2)12(16)7-9/h3-4,7-8,10-11,14,17H,5-6H2,1-2H3,(H,18,19). The lowest BCUT2D eigenvalue weighted by atomic mass is 9.87. The van der Waals surface area contributed by atoms with Gasteiger partial charge in [-0.15, -0.1) is 0 Å². The van der Waals surface area contributed by atoms with Crippen LogP contribution in [0.3, 0.4) is 0 Å². The molecule has 1 aliphatic carbocycles. The minimum atomic E-state index is -0.814.